The molecule has 2 heterocycles. The van der Waals surface area contributed by atoms with Crippen molar-refractivity contribution in [2.75, 3.05) is 39.6 Å². The third kappa shape index (κ3) is 5.91. The second-order valence-corrected chi connectivity index (χ2v) is 6.45. The van der Waals surface area contributed by atoms with Crippen LogP contribution in [0, 0.1) is 0 Å². The first kappa shape index (κ1) is 17.8. The summed E-state index contributed by atoms with van der Waals surface area (Å²) < 4.78 is 32.8. The molecule has 2 fully saturated rings. The van der Waals surface area contributed by atoms with Gasteiger partial charge in [-0.15, -0.1) is 0 Å². The van der Waals surface area contributed by atoms with Crippen LogP contribution in [0.5, 0.6) is 0 Å². The van der Waals surface area contributed by atoms with Gasteiger partial charge in [-0.2, -0.15) is 0 Å². The summed E-state index contributed by atoms with van der Waals surface area (Å²) in [7, 11) is 0. The quantitative estimate of drug-likeness (QED) is 0.720. The first-order chi connectivity index (χ1) is 10.3. The van der Waals surface area contributed by atoms with E-state index in [1.165, 1.54) is 0 Å². The third-order valence-electron chi connectivity index (χ3n) is 3.43. The lowest BCUT2D eigenvalue weighted by molar-refractivity contribution is -0.280. The molecule has 2 aliphatic heterocycles. The van der Waals surface area contributed by atoms with Crippen LogP contribution >= 0.6 is 0 Å². The Hall–Kier alpha value is -0.570. The summed E-state index contributed by atoms with van der Waals surface area (Å²) in [5, 5.41) is 0. The Morgan fingerprint density at radius 2 is 1.14 bits per heavy atom. The summed E-state index contributed by atoms with van der Waals surface area (Å²) in [5.41, 5.74) is 0. The Kier molecular flexibility index (Phi) is 5.93. The molecule has 7 nitrogen and oxygen atoms in total. The molecule has 0 radical (unpaired) electrons. The molecule has 0 N–H and O–H groups in total. The highest BCUT2D eigenvalue weighted by Gasteiger charge is 2.30. The zero-order valence-corrected chi connectivity index (χ0v) is 13.8. The van der Waals surface area contributed by atoms with Crippen molar-refractivity contribution in [1.82, 2.24) is 0 Å². The summed E-state index contributed by atoms with van der Waals surface area (Å²) in [6, 6.07) is 0. The predicted octanol–water partition coefficient (Wildman–Crippen LogP) is 0.892. The number of carbonyl (C=O) groups is 1. The van der Waals surface area contributed by atoms with Gasteiger partial charge in [-0.3, -0.25) is 4.79 Å². The topological polar surface area (TPSA) is 72.5 Å². The van der Waals surface area contributed by atoms with Gasteiger partial charge in [0.05, 0.1) is 26.4 Å². The van der Waals surface area contributed by atoms with E-state index in [0.717, 1.165) is 0 Å². The molecule has 0 spiro atoms. The van der Waals surface area contributed by atoms with Crippen molar-refractivity contribution in [1.29, 1.82) is 0 Å². The average Bonchev–Trinajstić information content (AvgIpc) is 2.45. The van der Waals surface area contributed by atoms with E-state index >= 15 is 0 Å². The van der Waals surface area contributed by atoms with E-state index in [2.05, 4.69) is 0 Å². The Balaban J connectivity index is 1.57. The molecule has 0 saturated carbocycles. The van der Waals surface area contributed by atoms with Crippen molar-refractivity contribution in [2.45, 2.75) is 51.5 Å². The molecule has 128 valence electrons. The fourth-order valence-electron chi connectivity index (χ4n) is 2.01. The van der Waals surface area contributed by atoms with E-state index in [1.54, 1.807) is 0 Å². The van der Waals surface area contributed by atoms with Gasteiger partial charge in [0.1, 0.15) is 25.4 Å². The lowest BCUT2D eigenvalue weighted by atomic mass is 10.3. The number of carbonyl (C=O) groups excluding carboxylic acids is 1. The van der Waals surface area contributed by atoms with Crippen molar-refractivity contribution in [3.63, 3.8) is 0 Å². The summed E-state index contributed by atoms with van der Waals surface area (Å²) in [4.78, 5) is 11.8. The van der Waals surface area contributed by atoms with Gasteiger partial charge in [-0.1, -0.05) is 0 Å². The smallest absolute Gasteiger partial charge is 0.184 e. The fourth-order valence-corrected chi connectivity index (χ4v) is 2.01. The standard InChI is InChI=1S/C15H26O7/c1-14(2)19-7-12(8-20-14)17-5-11(16)6-18-13-9-21-15(3,4)22-10-13/h12-13H,5-10H2,1-4H3. The SMILES string of the molecule is CC1(C)OCC(OCC(=O)COC2COC(C)(C)OC2)CO1. The van der Waals surface area contributed by atoms with Crippen LogP contribution in [0.2, 0.25) is 0 Å². The van der Waals surface area contributed by atoms with Gasteiger partial charge >= 0.3 is 0 Å². The molecule has 7 heteroatoms. The molecule has 22 heavy (non-hydrogen) atoms. The highest BCUT2D eigenvalue weighted by atomic mass is 16.7. The Labute approximate surface area is 131 Å². The maximum absolute atomic E-state index is 11.8. The van der Waals surface area contributed by atoms with Crippen LogP contribution in [0.25, 0.3) is 0 Å². The lowest BCUT2D eigenvalue weighted by Gasteiger charge is -2.35. The minimum Gasteiger partial charge on any atom is -0.366 e. The maximum Gasteiger partial charge on any atom is 0.184 e. The van der Waals surface area contributed by atoms with Crippen LogP contribution in [-0.4, -0.2) is 69.2 Å². The molecule has 0 aromatic carbocycles. The lowest BCUT2D eigenvalue weighted by Crippen LogP contribution is -2.44. The monoisotopic (exact) mass is 318 g/mol. The van der Waals surface area contributed by atoms with Gasteiger partial charge in [0.25, 0.3) is 0 Å². The largest absolute Gasteiger partial charge is 0.366 e. The minimum absolute atomic E-state index is 0.0161. The van der Waals surface area contributed by atoms with E-state index < -0.39 is 11.6 Å². The van der Waals surface area contributed by atoms with Crippen LogP contribution in [0.3, 0.4) is 0 Å². The summed E-state index contributed by atoms with van der Waals surface area (Å²) in [5.74, 6) is -1.29. The second-order valence-electron chi connectivity index (χ2n) is 6.45. The van der Waals surface area contributed by atoms with Gasteiger partial charge < -0.3 is 28.4 Å². The van der Waals surface area contributed by atoms with Crippen molar-refractivity contribution in [3.8, 4) is 0 Å². The summed E-state index contributed by atoms with van der Waals surface area (Å²) >= 11 is 0. The maximum atomic E-state index is 11.8. The Morgan fingerprint density at radius 3 is 1.45 bits per heavy atom. The summed E-state index contributed by atoms with van der Waals surface area (Å²) in [6.07, 6.45) is -0.446. The van der Waals surface area contributed by atoms with E-state index in [9.17, 15) is 4.79 Å². The Morgan fingerprint density at radius 1 is 0.818 bits per heavy atom. The molecule has 2 saturated heterocycles. The van der Waals surface area contributed by atoms with Gasteiger partial charge in [-0.05, 0) is 27.7 Å². The minimum atomic E-state index is -0.582. The molecule has 0 amide bonds. The molecule has 0 unspecified atom stereocenters. The molecule has 0 aromatic rings. The summed E-state index contributed by atoms with van der Waals surface area (Å²) in [6.45, 7) is 9.02. The highest BCUT2D eigenvalue weighted by Crippen LogP contribution is 2.19. The van der Waals surface area contributed by atoms with Crippen LogP contribution in [0.15, 0.2) is 0 Å². The van der Waals surface area contributed by atoms with E-state index in [0.29, 0.717) is 26.4 Å². The van der Waals surface area contributed by atoms with Crippen LogP contribution < -0.4 is 0 Å². The zero-order chi connectivity index (χ0) is 16.2. The Bertz CT molecular complexity index is 326. The van der Waals surface area contributed by atoms with Gasteiger partial charge in [0, 0.05) is 0 Å². The molecule has 0 aliphatic carbocycles. The second kappa shape index (κ2) is 7.33. The van der Waals surface area contributed by atoms with Gasteiger partial charge in [-0.25, -0.2) is 0 Å². The average molecular weight is 318 g/mol. The first-order valence-corrected chi connectivity index (χ1v) is 7.56. The van der Waals surface area contributed by atoms with Gasteiger partial charge in [0.15, 0.2) is 17.4 Å². The normalized spacial score (nSPS) is 26.0. The molecule has 0 atom stereocenters. The first-order valence-electron chi connectivity index (χ1n) is 7.56. The van der Waals surface area contributed by atoms with Crippen molar-refractivity contribution in [2.24, 2.45) is 0 Å². The van der Waals surface area contributed by atoms with E-state index in [-0.39, 0.29) is 31.2 Å². The van der Waals surface area contributed by atoms with Crippen LogP contribution in [0.1, 0.15) is 27.7 Å². The van der Waals surface area contributed by atoms with E-state index in [4.69, 9.17) is 28.4 Å². The number of hydrogen-bond donors (Lipinski definition) is 0. The van der Waals surface area contributed by atoms with Crippen molar-refractivity contribution >= 4 is 5.78 Å². The van der Waals surface area contributed by atoms with Crippen LogP contribution in [0.4, 0.5) is 0 Å². The molecular formula is C15H26O7. The molecule has 2 aliphatic rings. The molecule has 0 aromatic heterocycles. The van der Waals surface area contributed by atoms with Gasteiger partial charge in [0.2, 0.25) is 0 Å². The zero-order valence-electron chi connectivity index (χ0n) is 13.8. The predicted molar refractivity (Wildman–Crippen MR) is 76.5 cm³/mol. The molecular weight excluding hydrogens is 292 g/mol. The van der Waals surface area contributed by atoms with E-state index in [1.807, 2.05) is 27.7 Å². The van der Waals surface area contributed by atoms with Crippen molar-refractivity contribution < 1.29 is 33.2 Å². The number of Topliss-reactive ketones (excluding diaryl/α,β-unsaturated/α-hetero) is 1. The number of rotatable bonds is 6. The fraction of sp³-hybridized carbons (Fsp3) is 0.933. The number of ether oxygens (including phenoxy) is 6. The highest BCUT2D eigenvalue weighted by molar-refractivity contribution is 5.80. The number of hydrogen-bond acceptors (Lipinski definition) is 7. The molecule has 0 bridgehead atoms. The van der Waals surface area contributed by atoms with Crippen LogP contribution in [-0.2, 0) is 33.2 Å². The molecule has 2 rings (SSSR count). The van der Waals surface area contributed by atoms with Crippen molar-refractivity contribution in [3.05, 3.63) is 0 Å². The number of ketones is 1. The third-order valence-corrected chi connectivity index (χ3v) is 3.43.